The van der Waals surface area contributed by atoms with Crippen molar-refractivity contribution in [2.24, 2.45) is 0 Å². The Kier molecular flexibility index (Phi) is 4.04. The number of rotatable bonds is 4. The number of hydrogen-bond acceptors (Lipinski definition) is 3. The molecule has 11 heavy (non-hydrogen) atoms. The minimum absolute atomic E-state index is 0.349. The molecule has 4 heteroatoms. The first-order chi connectivity index (χ1) is 5.34. The SMILES string of the molecule is COCCC(Br)c1nccs1. The zero-order valence-corrected chi connectivity index (χ0v) is 8.69. The summed E-state index contributed by atoms with van der Waals surface area (Å²) >= 11 is 5.20. The summed E-state index contributed by atoms with van der Waals surface area (Å²) in [4.78, 5) is 4.53. The Hall–Kier alpha value is 0.0700. The van der Waals surface area contributed by atoms with E-state index in [9.17, 15) is 0 Å². The minimum Gasteiger partial charge on any atom is -0.385 e. The molecule has 62 valence electrons. The van der Waals surface area contributed by atoms with Crippen molar-refractivity contribution in [3.63, 3.8) is 0 Å². The van der Waals surface area contributed by atoms with Gasteiger partial charge in [-0.25, -0.2) is 4.98 Å². The third-order valence-corrected chi connectivity index (χ3v) is 3.38. The fourth-order valence-corrected chi connectivity index (χ4v) is 2.01. The molecule has 0 aromatic carbocycles. The highest BCUT2D eigenvalue weighted by Gasteiger charge is 2.08. The van der Waals surface area contributed by atoms with Gasteiger partial charge < -0.3 is 4.74 Å². The summed E-state index contributed by atoms with van der Waals surface area (Å²) in [5.41, 5.74) is 0. The molecule has 1 unspecified atom stereocenters. The predicted octanol–water partition coefficient (Wildman–Crippen LogP) is 2.62. The quantitative estimate of drug-likeness (QED) is 0.749. The van der Waals surface area contributed by atoms with Gasteiger partial charge in [-0.3, -0.25) is 0 Å². The number of aromatic nitrogens is 1. The van der Waals surface area contributed by atoms with Gasteiger partial charge in [0.25, 0.3) is 0 Å². The van der Waals surface area contributed by atoms with Gasteiger partial charge in [0.2, 0.25) is 0 Å². The van der Waals surface area contributed by atoms with E-state index in [-0.39, 0.29) is 0 Å². The molecule has 0 amide bonds. The lowest BCUT2D eigenvalue weighted by Crippen LogP contribution is -1.94. The number of ether oxygens (including phenoxy) is 1. The van der Waals surface area contributed by atoms with Crippen molar-refractivity contribution in [2.75, 3.05) is 13.7 Å². The highest BCUT2D eigenvalue weighted by molar-refractivity contribution is 9.09. The van der Waals surface area contributed by atoms with Crippen LogP contribution >= 0.6 is 27.3 Å². The van der Waals surface area contributed by atoms with Gasteiger partial charge in [-0.15, -0.1) is 11.3 Å². The molecular weight excluding hydrogens is 226 g/mol. The Morgan fingerprint density at radius 2 is 2.64 bits per heavy atom. The van der Waals surface area contributed by atoms with Gasteiger partial charge in [0.1, 0.15) is 5.01 Å². The zero-order chi connectivity index (χ0) is 8.10. The van der Waals surface area contributed by atoms with E-state index in [0.717, 1.165) is 18.0 Å². The van der Waals surface area contributed by atoms with Gasteiger partial charge in [-0.2, -0.15) is 0 Å². The van der Waals surface area contributed by atoms with Crippen molar-refractivity contribution in [1.82, 2.24) is 4.98 Å². The van der Waals surface area contributed by atoms with Crippen LogP contribution < -0.4 is 0 Å². The molecule has 0 spiro atoms. The number of nitrogens with zero attached hydrogens (tertiary/aromatic N) is 1. The van der Waals surface area contributed by atoms with Crippen molar-refractivity contribution in [3.8, 4) is 0 Å². The van der Waals surface area contributed by atoms with Crippen molar-refractivity contribution < 1.29 is 4.74 Å². The second kappa shape index (κ2) is 4.85. The van der Waals surface area contributed by atoms with E-state index in [1.54, 1.807) is 18.4 Å². The maximum atomic E-state index is 4.96. The molecule has 1 rings (SSSR count). The molecule has 0 saturated carbocycles. The molecule has 0 aliphatic rings. The summed E-state index contributed by atoms with van der Waals surface area (Å²) in [6, 6.07) is 0. The smallest absolute Gasteiger partial charge is 0.106 e. The minimum atomic E-state index is 0.349. The summed E-state index contributed by atoms with van der Waals surface area (Å²) in [6.07, 6.45) is 2.80. The predicted molar refractivity (Wildman–Crippen MR) is 50.3 cm³/mol. The van der Waals surface area contributed by atoms with Crippen molar-refractivity contribution in [1.29, 1.82) is 0 Å². The summed E-state index contributed by atoms with van der Waals surface area (Å²) < 4.78 is 4.96. The van der Waals surface area contributed by atoms with Gasteiger partial charge in [-0.05, 0) is 6.42 Å². The molecule has 1 aromatic rings. The fraction of sp³-hybridized carbons (Fsp3) is 0.571. The van der Waals surface area contributed by atoms with Gasteiger partial charge >= 0.3 is 0 Å². The highest BCUT2D eigenvalue weighted by Crippen LogP contribution is 2.27. The number of methoxy groups -OCH3 is 1. The molecule has 1 atom stereocenters. The molecule has 1 heterocycles. The third-order valence-electron chi connectivity index (χ3n) is 1.29. The molecule has 0 aliphatic carbocycles. The van der Waals surface area contributed by atoms with E-state index in [1.807, 2.05) is 11.6 Å². The van der Waals surface area contributed by atoms with E-state index in [2.05, 4.69) is 20.9 Å². The lowest BCUT2D eigenvalue weighted by molar-refractivity contribution is 0.195. The molecule has 0 bridgehead atoms. The van der Waals surface area contributed by atoms with Gasteiger partial charge in [-0.1, -0.05) is 15.9 Å². The standard InChI is InChI=1S/C7H10BrNOS/c1-10-4-2-6(8)7-9-3-5-11-7/h3,5-6H,2,4H2,1H3. The summed E-state index contributed by atoms with van der Waals surface area (Å²) in [5.74, 6) is 0. The lowest BCUT2D eigenvalue weighted by atomic mass is 10.3. The van der Waals surface area contributed by atoms with Crippen LogP contribution in [0.2, 0.25) is 0 Å². The number of hydrogen-bond donors (Lipinski definition) is 0. The maximum Gasteiger partial charge on any atom is 0.106 e. The van der Waals surface area contributed by atoms with Crippen LogP contribution in [0.3, 0.4) is 0 Å². The highest BCUT2D eigenvalue weighted by atomic mass is 79.9. The first kappa shape index (κ1) is 9.16. The average Bonchev–Trinajstić information content (AvgIpc) is 2.52. The van der Waals surface area contributed by atoms with E-state index in [4.69, 9.17) is 4.74 Å². The Morgan fingerprint density at radius 1 is 1.82 bits per heavy atom. The lowest BCUT2D eigenvalue weighted by Gasteiger charge is -2.03. The van der Waals surface area contributed by atoms with Crippen LogP contribution in [0.1, 0.15) is 16.3 Å². The normalized spacial score (nSPS) is 13.3. The Bertz CT molecular complexity index is 190. The van der Waals surface area contributed by atoms with Crippen molar-refractivity contribution >= 4 is 27.3 Å². The van der Waals surface area contributed by atoms with Gasteiger partial charge in [0.05, 0.1) is 4.83 Å². The van der Waals surface area contributed by atoms with Crippen LogP contribution in [-0.4, -0.2) is 18.7 Å². The van der Waals surface area contributed by atoms with Crippen LogP contribution in [0, 0.1) is 0 Å². The van der Waals surface area contributed by atoms with E-state index < -0.39 is 0 Å². The summed E-state index contributed by atoms with van der Waals surface area (Å²) in [5, 5.41) is 3.11. The second-order valence-corrected chi connectivity index (χ2v) is 4.15. The Labute approximate surface area is 78.7 Å². The number of halogens is 1. The molecule has 2 nitrogen and oxygen atoms in total. The largest absolute Gasteiger partial charge is 0.385 e. The first-order valence-corrected chi connectivity index (χ1v) is 5.16. The fourth-order valence-electron chi connectivity index (χ4n) is 0.734. The molecule has 0 radical (unpaired) electrons. The molecule has 0 aliphatic heterocycles. The summed E-state index contributed by atoms with van der Waals surface area (Å²) in [6.45, 7) is 0.773. The van der Waals surface area contributed by atoms with Crippen LogP contribution in [0.25, 0.3) is 0 Å². The van der Waals surface area contributed by atoms with Crippen LogP contribution in [-0.2, 0) is 4.74 Å². The second-order valence-electron chi connectivity index (χ2n) is 2.12. The average molecular weight is 236 g/mol. The maximum absolute atomic E-state index is 4.96. The van der Waals surface area contributed by atoms with Crippen molar-refractivity contribution in [2.45, 2.75) is 11.2 Å². The monoisotopic (exact) mass is 235 g/mol. The molecular formula is C7H10BrNOS. The van der Waals surface area contributed by atoms with E-state index in [1.165, 1.54) is 0 Å². The molecule has 0 fully saturated rings. The number of thiazole rings is 1. The Balaban J connectivity index is 2.36. The van der Waals surface area contributed by atoms with Gasteiger partial charge in [0.15, 0.2) is 0 Å². The van der Waals surface area contributed by atoms with E-state index in [0.29, 0.717) is 4.83 Å². The van der Waals surface area contributed by atoms with Crippen molar-refractivity contribution in [3.05, 3.63) is 16.6 Å². The van der Waals surface area contributed by atoms with Crippen LogP contribution in [0.5, 0.6) is 0 Å². The number of alkyl halides is 1. The summed E-state index contributed by atoms with van der Waals surface area (Å²) in [7, 11) is 1.71. The zero-order valence-electron chi connectivity index (χ0n) is 6.29. The molecule has 0 saturated heterocycles. The first-order valence-electron chi connectivity index (χ1n) is 3.37. The topological polar surface area (TPSA) is 22.1 Å². The van der Waals surface area contributed by atoms with Crippen LogP contribution in [0.15, 0.2) is 11.6 Å². The third kappa shape index (κ3) is 2.89. The van der Waals surface area contributed by atoms with Crippen LogP contribution in [0.4, 0.5) is 0 Å². The molecule has 1 aromatic heterocycles. The Morgan fingerprint density at radius 3 is 3.18 bits per heavy atom. The van der Waals surface area contributed by atoms with Gasteiger partial charge in [0, 0.05) is 25.3 Å². The van der Waals surface area contributed by atoms with E-state index >= 15 is 0 Å². The molecule has 0 N–H and O–H groups in total.